The molecule has 0 fully saturated rings. The second-order valence-corrected chi connectivity index (χ2v) is 6.04. The first kappa shape index (κ1) is 23.8. The number of ether oxygens (including phenoxy) is 1. The van der Waals surface area contributed by atoms with Crippen molar-refractivity contribution in [1.82, 2.24) is 0 Å². The topological polar surface area (TPSA) is 46.5 Å². The van der Waals surface area contributed by atoms with Crippen LogP contribution in [0.2, 0.25) is 0 Å². The Balaban J connectivity index is 5.10. The number of carbonyl (C=O) groups is 1. The van der Waals surface area contributed by atoms with Gasteiger partial charge >= 0.3 is 29.9 Å². The van der Waals surface area contributed by atoms with Crippen molar-refractivity contribution < 1.29 is 54.2 Å². The molecule has 0 aliphatic rings. The Morgan fingerprint density at radius 2 is 1.40 bits per heavy atom. The summed E-state index contributed by atoms with van der Waals surface area (Å²) in [5, 5.41) is 9.19. The minimum absolute atomic E-state index is 0.230. The summed E-state index contributed by atoms with van der Waals surface area (Å²) in [6, 6.07) is 0. The van der Waals surface area contributed by atoms with Gasteiger partial charge in [-0.2, -0.15) is 39.5 Å². The van der Waals surface area contributed by atoms with Crippen LogP contribution in [-0.2, 0) is 9.53 Å². The Hall–Kier alpha value is -1.20. The summed E-state index contributed by atoms with van der Waals surface area (Å²) >= 11 is 0. The predicted octanol–water partition coefficient (Wildman–Crippen LogP) is 4.19. The highest BCUT2D eigenvalue weighted by atomic mass is 19.4. The Kier molecular flexibility index (Phi) is 6.85. The average Bonchev–Trinajstić information content (AvgIpc) is 2.42. The van der Waals surface area contributed by atoms with E-state index in [4.69, 9.17) is 0 Å². The van der Waals surface area contributed by atoms with E-state index in [9.17, 15) is 49.4 Å². The molecule has 150 valence electrons. The van der Waals surface area contributed by atoms with Crippen molar-refractivity contribution in [2.75, 3.05) is 6.61 Å². The van der Waals surface area contributed by atoms with Gasteiger partial charge in [-0.25, -0.2) is 0 Å². The summed E-state index contributed by atoms with van der Waals surface area (Å²) in [7, 11) is 0. The van der Waals surface area contributed by atoms with Crippen LogP contribution in [0.15, 0.2) is 0 Å². The molecule has 0 heterocycles. The van der Waals surface area contributed by atoms with E-state index in [1.54, 1.807) is 6.92 Å². The Bertz CT molecular complexity index is 472. The molecule has 0 aliphatic carbocycles. The lowest BCUT2D eigenvalue weighted by Crippen LogP contribution is -2.61. The van der Waals surface area contributed by atoms with E-state index in [0.29, 0.717) is 0 Å². The van der Waals surface area contributed by atoms with Gasteiger partial charge in [0.05, 0.1) is 11.5 Å². The zero-order valence-electron chi connectivity index (χ0n) is 13.4. The molecule has 0 aromatic heterocycles. The summed E-state index contributed by atoms with van der Waals surface area (Å²) in [6.45, 7) is 3.06. The van der Waals surface area contributed by atoms with Crippen LogP contribution in [0.5, 0.6) is 0 Å². The predicted molar refractivity (Wildman–Crippen MR) is 66.6 cm³/mol. The number of hydrogen-bond acceptors (Lipinski definition) is 3. The fourth-order valence-corrected chi connectivity index (χ4v) is 1.40. The highest BCUT2D eigenvalue weighted by molar-refractivity contribution is 5.75. The van der Waals surface area contributed by atoms with Gasteiger partial charge in [-0.1, -0.05) is 6.92 Å². The number of aliphatic hydroxyl groups is 1. The quantitative estimate of drug-likeness (QED) is 0.498. The number of alkyl halides is 9. The first-order valence-corrected chi connectivity index (χ1v) is 6.89. The van der Waals surface area contributed by atoms with Crippen LogP contribution in [0.3, 0.4) is 0 Å². The maximum Gasteiger partial charge on any atom is 0.460 e. The molecule has 25 heavy (non-hydrogen) atoms. The third kappa shape index (κ3) is 4.91. The molecule has 0 saturated carbocycles. The second kappa shape index (κ2) is 7.20. The van der Waals surface area contributed by atoms with E-state index in [0.717, 1.165) is 0 Å². The van der Waals surface area contributed by atoms with E-state index >= 15 is 0 Å². The van der Waals surface area contributed by atoms with E-state index in [1.807, 2.05) is 0 Å². The van der Waals surface area contributed by atoms with Crippen molar-refractivity contribution in [3.05, 3.63) is 0 Å². The van der Waals surface area contributed by atoms with Gasteiger partial charge in [0, 0.05) is 6.42 Å². The Morgan fingerprint density at radius 3 is 1.76 bits per heavy atom. The third-order valence-electron chi connectivity index (χ3n) is 3.55. The second-order valence-electron chi connectivity index (χ2n) is 6.04. The molecule has 0 rings (SSSR count). The molecule has 0 bridgehead atoms. The monoisotopic (exact) mass is 392 g/mol. The van der Waals surface area contributed by atoms with Crippen molar-refractivity contribution in [3.8, 4) is 0 Å². The first-order valence-electron chi connectivity index (χ1n) is 6.89. The lowest BCUT2D eigenvalue weighted by atomic mass is 9.91. The minimum atomic E-state index is -7.02. The lowest BCUT2D eigenvalue weighted by molar-refractivity contribution is -0.398. The molecule has 0 amide bonds. The van der Waals surface area contributed by atoms with Gasteiger partial charge in [-0.05, 0) is 20.3 Å². The molecule has 0 aliphatic heterocycles. The highest BCUT2D eigenvalue weighted by Gasteiger charge is 2.81. The molecular weight excluding hydrogens is 375 g/mol. The summed E-state index contributed by atoms with van der Waals surface area (Å²) in [6.07, 6.45) is -11.7. The molecule has 0 spiro atoms. The molecule has 1 unspecified atom stereocenters. The summed E-state index contributed by atoms with van der Waals surface area (Å²) in [4.78, 5) is 11.5. The van der Waals surface area contributed by atoms with Crippen LogP contribution in [0.25, 0.3) is 0 Å². The van der Waals surface area contributed by atoms with Crippen LogP contribution in [0.4, 0.5) is 39.5 Å². The number of rotatable bonds is 8. The van der Waals surface area contributed by atoms with Crippen LogP contribution < -0.4 is 0 Å². The lowest BCUT2D eigenvalue weighted by Gasteiger charge is -2.34. The number of halogens is 9. The number of aliphatic hydroxyl groups excluding tert-OH is 1. The molecular formula is C13H17F9O3. The largest absolute Gasteiger partial charge is 0.463 e. The Labute approximate surface area is 137 Å². The maximum absolute atomic E-state index is 13.3. The van der Waals surface area contributed by atoms with Crippen LogP contribution in [0.1, 0.15) is 33.6 Å². The van der Waals surface area contributed by atoms with Crippen molar-refractivity contribution in [2.45, 2.75) is 63.7 Å². The average molecular weight is 392 g/mol. The maximum atomic E-state index is 13.3. The Morgan fingerprint density at radius 1 is 0.960 bits per heavy atom. The van der Waals surface area contributed by atoms with Gasteiger partial charge in [0.2, 0.25) is 0 Å². The normalized spacial score (nSPS) is 15.9. The fourth-order valence-electron chi connectivity index (χ4n) is 1.40. The number of carbonyl (C=O) groups excluding carboxylic acids is 1. The van der Waals surface area contributed by atoms with Crippen molar-refractivity contribution in [2.24, 2.45) is 5.41 Å². The minimum Gasteiger partial charge on any atom is -0.463 e. The van der Waals surface area contributed by atoms with Gasteiger partial charge < -0.3 is 9.84 Å². The van der Waals surface area contributed by atoms with Gasteiger partial charge in [0.25, 0.3) is 0 Å². The molecule has 0 saturated heterocycles. The molecule has 1 atom stereocenters. The third-order valence-corrected chi connectivity index (χ3v) is 3.55. The van der Waals surface area contributed by atoms with Crippen LogP contribution >= 0.6 is 0 Å². The number of esters is 1. The first-order chi connectivity index (χ1) is 10.8. The molecule has 0 aromatic rings. The van der Waals surface area contributed by atoms with Gasteiger partial charge in [-0.15, -0.1) is 0 Å². The van der Waals surface area contributed by atoms with E-state index in [-0.39, 0.29) is 6.42 Å². The van der Waals surface area contributed by atoms with Crippen molar-refractivity contribution >= 4 is 5.97 Å². The molecule has 3 nitrogen and oxygen atoms in total. The zero-order chi connectivity index (χ0) is 20.5. The van der Waals surface area contributed by atoms with Crippen molar-refractivity contribution in [1.29, 1.82) is 0 Å². The standard InChI is InChI=1S/C13H17F9O3/c1-4-9(2,3)8(24)25-6-7(23)5-10(14,15)11(16,17)12(18,19)13(20,21)22/h7,23H,4-6H2,1-3H3. The highest BCUT2D eigenvalue weighted by Crippen LogP contribution is 2.54. The smallest absolute Gasteiger partial charge is 0.460 e. The SMILES string of the molecule is CCC(C)(C)C(=O)OCC(O)CC(F)(F)C(F)(F)C(F)(F)C(F)(F)F. The number of hydrogen-bond donors (Lipinski definition) is 1. The fraction of sp³-hybridized carbons (Fsp3) is 0.923. The van der Waals surface area contributed by atoms with Crippen LogP contribution in [-0.4, -0.2) is 47.7 Å². The van der Waals surface area contributed by atoms with E-state index < -0.39 is 54.5 Å². The van der Waals surface area contributed by atoms with E-state index in [2.05, 4.69) is 4.74 Å². The van der Waals surface area contributed by atoms with Crippen molar-refractivity contribution in [3.63, 3.8) is 0 Å². The summed E-state index contributed by atoms with van der Waals surface area (Å²) in [5.74, 6) is -20.8. The molecule has 0 radical (unpaired) electrons. The molecule has 12 heteroatoms. The van der Waals surface area contributed by atoms with E-state index in [1.165, 1.54) is 13.8 Å². The van der Waals surface area contributed by atoms with Gasteiger partial charge in [0.1, 0.15) is 6.61 Å². The summed E-state index contributed by atoms with van der Waals surface area (Å²) in [5.41, 5.74) is -1.10. The van der Waals surface area contributed by atoms with Gasteiger partial charge in [0.15, 0.2) is 0 Å². The van der Waals surface area contributed by atoms with Gasteiger partial charge in [-0.3, -0.25) is 4.79 Å². The molecule has 0 aromatic carbocycles. The van der Waals surface area contributed by atoms with Crippen LogP contribution in [0, 0.1) is 5.41 Å². The summed E-state index contributed by atoms with van der Waals surface area (Å²) < 4.78 is 118. The zero-order valence-corrected chi connectivity index (χ0v) is 13.4. The molecule has 1 N–H and O–H groups in total.